The first kappa shape index (κ1) is 48.6. The van der Waals surface area contributed by atoms with Crippen LogP contribution in [0.3, 0.4) is 0 Å². The monoisotopic (exact) mass is 881 g/mol. The van der Waals surface area contributed by atoms with Gasteiger partial charge in [-0.3, -0.25) is 0 Å². The predicted molar refractivity (Wildman–Crippen MR) is 265 cm³/mol. The number of allylic oxidation sites excluding steroid dienone is 2. The summed E-state index contributed by atoms with van der Waals surface area (Å²) in [6, 6.07) is 0. The molecule has 6 saturated carbocycles. The molecule has 0 aliphatic heterocycles. The summed E-state index contributed by atoms with van der Waals surface area (Å²) in [5.74, 6) is 6.05. The highest BCUT2D eigenvalue weighted by Gasteiger charge is 2.60. The van der Waals surface area contributed by atoms with Gasteiger partial charge in [-0.2, -0.15) is 0 Å². The van der Waals surface area contributed by atoms with Gasteiger partial charge in [0.15, 0.2) is 0 Å². The summed E-state index contributed by atoms with van der Waals surface area (Å²) >= 11 is 0. The Morgan fingerprint density at radius 3 is 1.30 bits per heavy atom. The Labute approximate surface area is 393 Å². The van der Waals surface area contributed by atoms with Gasteiger partial charge in [-0.05, 0) is 186 Å². The zero-order valence-corrected chi connectivity index (χ0v) is 42.8. The highest BCUT2D eigenvalue weighted by Crippen LogP contribution is 2.68. The zero-order valence-electron chi connectivity index (χ0n) is 42.8. The lowest BCUT2D eigenvalue weighted by Gasteiger charge is -2.58. The quantitative estimate of drug-likeness (QED) is 0.0596. The van der Waals surface area contributed by atoms with Crippen molar-refractivity contribution in [3.8, 4) is 0 Å². The van der Waals surface area contributed by atoms with Crippen LogP contribution in [0.25, 0.3) is 0 Å². The number of unbranched alkanes of at least 4 members (excludes halogenated alkanes) is 10. The van der Waals surface area contributed by atoms with Crippen molar-refractivity contribution in [1.82, 2.24) is 0 Å². The Morgan fingerprint density at radius 1 is 0.500 bits per heavy atom. The molecule has 8 aliphatic carbocycles. The number of esters is 2. The fraction of sp³-hybridized carbons (Fsp3) is 0.867. The number of carbonyl (C=O) groups excluding carboxylic acids is 2. The van der Waals surface area contributed by atoms with Crippen LogP contribution in [0, 0.1) is 69.0 Å². The molecule has 0 aromatic heterocycles. The number of fused-ring (bicyclic) bond motifs is 10. The first-order valence-corrected chi connectivity index (χ1v) is 28.2. The first-order chi connectivity index (χ1) is 30.8. The van der Waals surface area contributed by atoms with Crippen molar-refractivity contribution in [2.45, 2.75) is 260 Å². The fourth-order valence-corrected chi connectivity index (χ4v) is 17.8. The summed E-state index contributed by atoms with van der Waals surface area (Å²) in [6.45, 7) is 18.7. The van der Waals surface area contributed by atoms with Crippen molar-refractivity contribution in [2.24, 2.45) is 69.0 Å². The molecule has 4 heteroatoms. The molecule has 14 atom stereocenters. The van der Waals surface area contributed by atoms with Crippen molar-refractivity contribution in [3.63, 3.8) is 0 Å². The molecule has 360 valence electrons. The first-order valence-electron chi connectivity index (χ1n) is 28.2. The van der Waals surface area contributed by atoms with E-state index in [1.54, 1.807) is 25.0 Å². The van der Waals surface area contributed by atoms with Crippen LogP contribution in [0.2, 0.25) is 0 Å². The van der Waals surface area contributed by atoms with Gasteiger partial charge in [0, 0.05) is 24.0 Å². The van der Waals surface area contributed by atoms with Crippen LogP contribution in [0.15, 0.2) is 34.4 Å². The number of rotatable bonds is 18. The van der Waals surface area contributed by atoms with Crippen LogP contribution < -0.4 is 0 Å². The van der Waals surface area contributed by atoms with Crippen molar-refractivity contribution in [1.29, 1.82) is 0 Å². The van der Waals surface area contributed by atoms with E-state index in [4.69, 9.17) is 9.47 Å². The van der Waals surface area contributed by atoms with Crippen molar-refractivity contribution in [3.05, 3.63) is 34.4 Å². The second kappa shape index (κ2) is 20.4. The van der Waals surface area contributed by atoms with E-state index >= 15 is 0 Å². The SMILES string of the molecule is CCCCCCCCC1CCC2C3CC=C4C[C@H](OC(=O)/C(C)=C(\C)C(=O)O[C@H]5CC[C@@]6(C)C(=CCC7C8CCC(CCCCCCCC)[C@@]8(C)CCC76)C5)CC[C@@]4(C)C3CC[C@@]12C. The lowest BCUT2D eigenvalue weighted by Crippen LogP contribution is -2.50. The van der Waals surface area contributed by atoms with Crippen molar-refractivity contribution < 1.29 is 19.1 Å². The van der Waals surface area contributed by atoms with E-state index in [-0.39, 0.29) is 35.0 Å². The molecule has 0 spiro atoms. The summed E-state index contributed by atoms with van der Waals surface area (Å²) in [5.41, 5.74) is 5.43. The van der Waals surface area contributed by atoms with Gasteiger partial charge in [-0.1, -0.05) is 142 Å². The van der Waals surface area contributed by atoms with E-state index in [0.29, 0.717) is 22.0 Å². The van der Waals surface area contributed by atoms with Crippen LogP contribution in [0.4, 0.5) is 0 Å². The lowest BCUT2D eigenvalue weighted by atomic mass is 9.47. The highest BCUT2D eigenvalue weighted by atomic mass is 16.5. The molecule has 8 rings (SSSR count). The molecule has 6 fully saturated rings. The summed E-state index contributed by atoms with van der Waals surface area (Å²) in [4.78, 5) is 27.4. The van der Waals surface area contributed by atoms with Crippen LogP contribution in [0.1, 0.15) is 248 Å². The maximum Gasteiger partial charge on any atom is 0.334 e. The molecule has 0 N–H and O–H groups in total. The largest absolute Gasteiger partial charge is 0.459 e. The number of carbonyl (C=O) groups is 2. The number of hydrogen-bond acceptors (Lipinski definition) is 4. The summed E-state index contributed by atoms with van der Waals surface area (Å²) < 4.78 is 12.5. The van der Waals surface area contributed by atoms with Gasteiger partial charge in [-0.15, -0.1) is 0 Å². The normalized spacial score (nSPS) is 41.5. The van der Waals surface area contributed by atoms with Gasteiger partial charge in [0.1, 0.15) is 12.2 Å². The van der Waals surface area contributed by atoms with E-state index in [1.165, 1.54) is 154 Å². The van der Waals surface area contributed by atoms with Crippen molar-refractivity contribution in [2.75, 3.05) is 0 Å². The van der Waals surface area contributed by atoms with Gasteiger partial charge in [0.05, 0.1) is 0 Å². The highest BCUT2D eigenvalue weighted by molar-refractivity contribution is 5.99. The maximum absolute atomic E-state index is 13.7. The lowest BCUT2D eigenvalue weighted by molar-refractivity contribution is -0.150. The average Bonchev–Trinajstić information content (AvgIpc) is 3.81. The van der Waals surface area contributed by atoms with E-state index in [0.717, 1.165) is 85.9 Å². The van der Waals surface area contributed by atoms with Gasteiger partial charge < -0.3 is 9.47 Å². The molecule has 64 heavy (non-hydrogen) atoms. The molecule has 0 aromatic rings. The Kier molecular flexibility index (Phi) is 15.5. The molecular formula is C60H96O4. The Morgan fingerprint density at radius 2 is 0.891 bits per heavy atom. The minimum Gasteiger partial charge on any atom is -0.459 e. The van der Waals surface area contributed by atoms with Crippen LogP contribution >= 0.6 is 0 Å². The standard InChI is InChI=1S/C60H96O4/c1-9-11-13-15-17-19-21-43-25-29-51-49-27-23-45-39-47(31-35-59(45,7)53(49)33-37-57(43,51)5)63-55(61)41(3)42(4)56(62)64-48-32-36-60(8)46(40-48)24-28-50-52-30-26-44(22-20-18-16-14-12-10-2)58(52,6)38-34-54(50)60/h23-24,43-44,47-54H,9-22,25-40H2,1-8H3/b42-41+/t43?,44?,47-,48+,49?,50?,51?,52?,53?,54?,57+,58-,59-,60+. The van der Waals surface area contributed by atoms with E-state index < -0.39 is 0 Å². The number of ether oxygens (including phenoxy) is 2. The van der Waals surface area contributed by atoms with Crippen LogP contribution in [-0.4, -0.2) is 24.1 Å². The molecule has 0 heterocycles. The van der Waals surface area contributed by atoms with E-state index in [2.05, 4.69) is 53.7 Å². The minimum absolute atomic E-state index is 0.115. The molecule has 0 bridgehead atoms. The maximum atomic E-state index is 13.7. The van der Waals surface area contributed by atoms with Crippen LogP contribution in [-0.2, 0) is 19.1 Å². The topological polar surface area (TPSA) is 52.6 Å². The molecule has 0 radical (unpaired) electrons. The fourth-order valence-electron chi connectivity index (χ4n) is 17.8. The van der Waals surface area contributed by atoms with E-state index in [1.807, 2.05) is 0 Å². The van der Waals surface area contributed by atoms with Crippen LogP contribution in [0.5, 0.6) is 0 Å². The van der Waals surface area contributed by atoms with Gasteiger partial charge in [0.25, 0.3) is 0 Å². The van der Waals surface area contributed by atoms with E-state index in [9.17, 15) is 9.59 Å². The van der Waals surface area contributed by atoms with Gasteiger partial charge >= 0.3 is 11.9 Å². The Balaban J connectivity index is 0.815. The summed E-state index contributed by atoms with van der Waals surface area (Å²) in [6.07, 6.45) is 44.2. The average molecular weight is 881 g/mol. The molecule has 8 unspecified atom stereocenters. The predicted octanol–water partition coefficient (Wildman–Crippen LogP) is 16.8. The minimum atomic E-state index is -0.337. The summed E-state index contributed by atoms with van der Waals surface area (Å²) in [7, 11) is 0. The molecule has 0 saturated heterocycles. The third kappa shape index (κ3) is 9.34. The molecule has 4 nitrogen and oxygen atoms in total. The Bertz CT molecular complexity index is 1610. The molecule has 8 aliphatic rings. The van der Waals surface area contributed by atoms with Crippen molar-refractivity contribution >= 4 is 11.9 Å². The van der Waals surface area contributed by atoms with Gasteiger partial charge in [0.2, 0.25) is 0 Å². The third-order valence-electron chi connectivity index (χ3n) is 22.0. The Hall–Kier alpha value is -1.84. The molecule has 0 amide bonds. The smallest absolute Gasteiger partial charge is 0.334 e. The second-order valence-electron chi connectivity index (χ2n) is 25.1. The van der Waals surface area contributed by atoms with Gasteiger partial charge in [-0.25, -0.2) is 9.59 Å². The second-order valence-corrected chi connectivity index (χ2v) is 25.1. The molecule has 0 aromatic carbocycles. The zero-order chi connectivity index (χ0) is 45.3. The number of hydrogen-bond donors (Lipinski definition) is 0. The molecular weight excluding hydrogens is 785 g/mol. The summed E-state index contributed by atoms with van der Waals surface area (Å²) in [5, 5.41) is 0. The third-order valence-corrected chi connectivity index (χ3v) is 22.0.